The molecule has 120 valence electrons. The van der Waals surface area contributed by atoms with E-state index in [0.29, 0.717) is 5.41 Å². The van der Waals surface area contributed by atoms with Crippen molar-refractivity contribution in [3.8, 4) is 0 Å². The summed E-state index contributed by atoms with van der Waals surface area (Å²) in [6.45, 7) is 6.37. The van der Waals surface area contributed by atoms with Crippen LogP contribution in [0.15, 0.2) is 36.7 Å². The third-order valence-corrected chi connectivity index (χ3v) is 5.13. The van der Waals surface area contributed by atoms with Crippen molar-refractivity contribution < 1.29 is 0 Å². The quantitative estimate of drug-likeness (QED) is 0.853. The van der Waals surface area contributed by atoms with E-state index in [1.165, 1.54) is 19.3 Å². The number of rotatable bonds is 2. The highest BCUT2D eigenvalue weighted by Gasteiger charge is 2.42. The molecule has 0 radical (unpaired) electrons. The summed E-state index contributed by atoms with van der Waals surface area (Å²) in [4.78, 5) is 18.4. The van der Waals surface area contributed by atoms with Crippen molar-refractivity contribution in [2.24, 2.45) is 5.41 Å². The largest absolute Gasteiger partial charge is 0.356 e. The molecule has 1 spiro atoms. The van der Waals surface area contributed by atoms with Crippen molar-refractivity contribution in [3.05, 3.63) is 42.4 Å². The van der Waals surface area contributed by atoms with E-state index in [1.807, 2.05) is 18.5 Å². The third-order valence-electron chi connectivity index (χ3n) is 5.13. The topological polar surface area (TPSA) is 45.2 Å². The molecule has 2 fully saturated rings. The third kappa shape index (κ3) is 2.87. The highest BCUT2D eigenvalue weighted by Crippen LogP contribution is 2.40. The van der Waals surface area contributed by atoms with Crippen LogP contribution in [0.1, 0.15) is 25.0 Å². The van der Waals surface area contributed by atoms with Gasteiger partial charge in [0.25, 0.3) is 0 Å². The van der Waals surface area contributed by atoms with E-state index >= 15 is 0 Å². The lowest BCUT2D eigenvalue weighted by Gasteiger charge is -2.40. The molecule has 4 heterocycles. The Morgan fingerprint density at radius 1 is 0.957 bits per heavy atom. The van der Waals surface area contributed by atoms with Crippen molar-refractivity contribution in [2.75, 3.05) is 36.0 Å². The summed E-state index contributed by atoms with van der Waals surface area (Å²) < 4.78 is 0. The molecule has 0 aliphatic carbocycles. The molecule has 0 aromatic carbocycles. The zero-order valence-corrected chi connectivity index (χ0v) is 13.6. The monoisotopic (exact) mass is 309 g/mol. The van der Waals surface area contributed by atoms with Crippen LogP contribution in [0, 0.1) is 12.3 Å². The number of aryl methyl sites for hydroxylation is 1. The van der Waals surface area contributed by atoms with E-state index in [-0.39, 0.29) is 0 Å². The smallest absolute Gasteiger partial charge is 0.225 e. The lowest BCUT2D eigenvalue weighted by molar-refractivity contribution is 0.262. The van der Waals surface area contributed by atoms with Gasteiger partial charge in [-0.2, -0.15) is 0 Å². The fraction of sp³-hybridized carbons (Fsp3) is 0.500. The van der Waals surface area contributed by atoms with Crippen molar-refractivity contribution >= 4 is 11.8 Å². The van der Waals surface area contributed by atoms with Gasteiger partial charge in [-0.3, -0.25) is 0 Å². The Morgan fingerprint density at radius 3 is 2.61 bits per heavy atom. The van der Waals surface area contributed by atoms with Crippen molar-refractivity contribution in [1.82, 2.24) is 15.0 Å². The molecule has 2 saturated heterocycles. The summed E-state index contributed by atoms with van der Waals surface area (Å²) in [5, 5.41) is 0. The van der Waals surface area contributed by atoms with Gasteiger partial charge < -0.3 is 9.80 Å². The van der Waals surface area contributed by atoms with E-state index in [4.69, 9.17) is 4.98 Å². The molecule has 0 saturated carbocycles. The molecule has 5 nitrogen and oxygen atoms in total. The number of anilines is 2. The summed E-state index contributed by atoms with van der Waals surface area (Å²) in [5.74, 6) is 1.99. The minimum atomic E-state index is 0.350. The van der Waals surface area contributed by atoms with E-state index < -0.39 is 0 Å². The minimum absolute atomic E-state index is 0.350. The molecule has 2 aromatic rings. The molecule has 2 aliphatic rings. The maximum absolute atomic E-state index is 4.70. The maximum atomic E-state index is 4.70. The van der Waals surface area contributed by atoms with E-state index in [2.05, 4.69) is 44.9 Å². The van der Waals surface area contributed by atoms with Gasteiger partial charge in [0.2, 0.25) is 5.95 Å². The fourth-order valence-electron chi connectivity index (χ4n) is 4.00. The number of aromatic nitrogens is 3. The van der Waals surface area contributed by atoms with Crippen molar-refractivity contribution in [3.63, 3.8) is 0 Å². The first-order valence-corrected chi connectivity index (χ1v) is 8.45. The summed E-state index contributed by atoms with van der Waals surface area (Å²) in [7, 11) is 0. The lowest BCUT2D eigenvalue weighted by Crippen LogP contribution is -2.45. The van der Waals surface area contributed by atoms with Crippen LogP contribution >= 0.6 is 0 Å². The highest BCUT2D eigenvalue weighted by molar-refractivity contribution is 5.42. The number of hydrogen-bond acceptors (Lipinski definition) is 5. The summed E-state index contributed by atoms with van der Waals surface area (Å²) in [6, 6.07) is 8.18. The van der Waals surface area contributed by atoms with Gasteiger partial charge in [-0.1, -0.05) is 6.07 Å². The Bertz CT molecular complexity index is 674. The Morgan fingerprint density at radius 2 is 1.78 bits per heavy atom. The van der Waals surface area contributed by atoms with Crippen LogP contribution in [-0.2, 0) is 0 Å². The Hall–Kier alpha value is -2.17. The standard InChI is InChI=1S/C18H23N5/c1-15-5-2-6-16(21-15)22-12-8-18(13-22)7-3-11-23(14-18)17-19-9-4-10-20-17/h2,4-6,9-10H,3,7-8,11-14H2,1H3/t18-/m0/s1. The van der Waals surface area contributed by atoms with Gasteiger partial charge in [0.1, 0.15) is 5.82 Å². The number of pyridine rings is 1. The zero-order chi connectivity index (χ0) is 15.7. The average molecular weight is 309 g/mol. The van der Waals surface area contributed by atoms with Crippen LogP contribution in [-0.4, -0.2) is 41.1 Å². The molecule has 0 unspecified atom stereocenters. The Kier molecular flexibility index (Phi) is 3.63. The maximum Gasteiger partial charge on any atom is 0.225 e. The minimum Gasteiger partial charge on any atom is -0.356 e. The van der Waals surface area contributed by atoms with Crippen molar-refractivity contribution in [2.45, 2.75) is 26.2 Å². The molecule has 23 heavy (non-hydrogen) atoms. The molecule has 0 amide bonds. The number of nitrogens with zero attached hydrogens (tertiary/aromatic N) is 5. The first-order chi connectivity index (χ1) is 11.2. The molecule has 2 aromatic heterocycles. The molecule has 5 heteroatoms. The molecule has 2 aliphatic heterocycles. The molecule has 1 atom stereocenters. The second kappa shape index (κ2) is 5.80. The van der Waals surface area contributed by atoms with Gasteiger partial charge in [0, 0.05) is 49.7 Å². The number of hydrogen-bond donors (Lipinski definition) is 0. The predicted octanol–water partition coefficient (Wildman–Crippen LogP) is 2.68. The summed E-state index contributed by atoms with van der Waals surface area (Å²) in [5.41, 5.74) is 1.44. The highest BCUT2D eigenvalue weighted by atomic mass is 15.3. The Balaban J connectivity index is 1.51. The summed E-state index contributed by atoms with van der Waals surface area (Å²) in [6.07, 6.45) is 7.40. The van der Waals surface area contributed by atoms with E-state index in [9.17, 15) is 0 Å². The van der Waals surface area contributed by atoms with Crippen LogP contribution in [0.4, 0.5) is 11.8 Å². The van der Waals surface area contributed by atoms with Gasteiger partial charge >= 0.3 is 0 Å². The molecule has 4 rings (SSSR count). The normalized spacial score (nSPS) is 24.4. The molecule has 0 N–H and O–H groups in total. The first-order valence-electron chi connectivity index (χ1n) is 8.45. The van der Waals surface area contributed by atoms with Crippen LogP contribution in [0.2, 0.25) is 0 Å². The molecular formula is C18H23N5. The average Bonchev–Trinajstić information content (AvgIpc) is 2.99. The van der Waals surface area contributed by atoms with Crippen LogP contribution < -0.4 is 9.80 Å². The van der Waals surface area contributed by atoms with Crippen LogP contribution in [0.25, 0.3) is 0 Å². The van der Waals surface area contributed by atoms with Gasteiger partial charge in [-0.05, 0) is 44.4 Å². The van der Waals surface area contributed by atoms with Crippen LogP contribution in [0.5, 0.6) is 0 Å². The van der Waals surface area contributed by atoms with Gasteiger partial charge in [-0.15, -0.1) is 0 Å². The zero-order valence-electron chi connectivity index (χ0n) is 13.6. The molecule has 0 bridgehead atoms. The second-order valence-corrected chi connectivity index (χ2v) is 6.88. The predicted molar refractivity (Wildman–Crippen MR) is 91.7 cm³/mol. The fourth-order valence-corrected chi connectivity index (χ4v) is 4.00. The van der Waals surface area contributed by atoms with E-state index in [0.717, 1.165) is 43.6 Å². The lowest BCUT2D eigenvalue weighted by atomic mass is 9.79. The van der Waals surface area contributed by atoms with Gasteiger partial charge in [0.05, 0.1) is 0 Å². The summed E-state index contributed by atoms with van der Waals surface area (Å²) >= 11 is 0. The first kappa shape index (κ1) is 14.4. The van der Waals surface area contributed by atoms with Crippen molar-refractivity contribution in [1.29, 1.82) is 0 Å². The number of piperidine rings is 1. The SMILES string of the molecule is Cc1cccc(N2CC[C@@]3(CCCN(c4ncccn4)C3)C2)n1. The van der Waals surface area contributed by atoms with E-state index in [1.54, 1.807) is 0 Å². The second-order valence-electron chi connectivity index (χ2n) is 6.88. The molecular weight excluding hydrogens is 286 g/mol. The van der Waals surface area contributed by atoms with Gasteiger partial charge in [0.15, 0.2) is 0 Å². The van der Waals surface area contributed by atoms with Crippen LogP contribution in [0.3, 0.4) is 0 Å². The Labute approximate surface area is 137 Å². The van der Waals surface area contributed by atoms with Gasteiger partial charge in [-0.25, -0.2) is 15.0 Å².